The Morgan fingerprint density at radius 2 is 1.93 bits per heavy atom. The molecule has 1 aromatic heterocycles. The lowest BCUT2D eigenvalue weighted by Crippen LogP contribution is -2.32. The summed E-state index contributed by atoms with van der Waals surface area (Å²) in [5, 5.41) is 10.3. The molecule has 1 saturated heterocycles. The van der Waals surface area contributed by atoms with Crippen molar-refractivity contribution in [3.8, 4) is 5.75 Å². The summed E-state index contributed by atoms with van der Waals surface area (Å²) in [5.74, 6) is 0.813. The standard InChI is InChI=1S/C31H45N5O7/c1-4-20-41-31(39)36-19-13-15-25(36)29-34-27(35-43-29)21-33-28(37)17-9-7-5-6-8-12-18-32-23(2)22-42-26-16-11-10-14-24(26)30(38)40-3/h4,10-11,14,16,23,25,32H,1,5-9,12-13,15,17-22H2,2-3H3,(H,33,37)/t23?,25-/m1/s1. The molecule has 2 N–H and O–H groups in total. The molecule has 0 spiro atoms. The Labute approximate surface area is 253 Å². The van der Waals surface area contributed by atoms with Crippen LogP contribution in [-0.2, 0) is 20.8 Å². The first-order valence-corrected chi connectivity index (χ1v) is 15.1. The van der Waals surface area contributed by atoms with E-state index in [9.17, 15) is 14.4 Å². The van der Waals surface area contributed by atoms with E-state index in [1.165, 1.54) is 13.2 Å². The molecule has 2 aromatic rings. The van der Waals surface area contributed by atoms with Crippen molar-refractivity contribution in [1.29, 1.82) is 0 Å². The van der Waals surface area contributed by atoms with Crippen LogP contribution >= 0.6 is 0 Å². The summed E-state index contributed by atoms with van der Waals surface area (Å²) < 4.78 is 21.1. The molecule has 1 aromatic carbocycles. The average molecular weight is 600 g/mol. The highest BCUT2D eigenvalue weighted by molar-refractivity contribution is 5.92. The maximum absolute atomic E-state index is 12.3. The molecule has 1 aliphatic heterocycles. The second-order valence-electron chi connectivity index (χ2n) is 10.6. The lowest BCUT2D eigenvalue weighted by Gasteiger charge is -2.20. The molecule has 12 heteroatoms. The number of carbonyl (C=O) groups excluding carboxylic acids is 3. The fraction of sp³-hybridized carbons (Fsp3) is 0.581. The fourth-order valence-electron chi connectivity index (χ4n) is 4.81. The molecule has 3 rings (SSSR count). The monoisotopic (exact) mass is 599 g/mol. The number of carbonyl (C=O) groups is 3. The number of nitrogens with zero attached hydrogens (tertiary/aromatic N) is 3. The minimum Gasteiger partial charge on any atom is -0.491 e. The van der Waals surface area contributed by atoms with Gasteiger partial charge in [0.05, 0.1) is 13.7 Å². The molecule has 12 nitrogen and oxygen atoms in total. The van der Waals surface area contributed by atoms with Gasteiger partial charge >= 0.3 is 12.1 Å². The molecular formula is C31H45N5O7. The number of para-hydroxylation sites is 1. The summed E-state index contributed by atoms with van der Waals surface area (Å²) in [6.45, 7) is 7.85. The molecule has 1 unspecified atom stereocenters. The third kappa shape index (κ3) is 11.3. The number of hydrogen-bond acceptors (Lipinski definition) is 10. The van der Waals surface area contributed by atoms with Crippen LogP contribution in [0, 0.1) is 0 Å². The Morgan fingerprint density at radius 1 is 1.16 bits per heavy atom. The van der Waals surface area contributed by atoms with E-state index in [0.29, 0.717) is 42.6 Å². The van der Waals surface area contributed by atoms with Crippen LogP contribution in [0.3, 0.4) is 0 Å². The van der Waals surface area contributed by atoms with Crippen molar-refractivity contribution in [3.63, 3.8) is 0 Å². The summed E-state index contributed by atoms with van der Waals surface area (Å²) in [6, 6.07) is 6.90. The lowest BCUT2D eigenvalue weighted by atomic mass is 10.1. The number of hydrogen-bond donors (Lipinski definition) is 2. The highest BCUT2D eigenvalue weighted by atomic mass is 16.6. The summed E-state index contributed by atoms with van der Waals surface area (Å²) >= 11 is 0. The van der Waals surface area contributed by atoms with Crippen LogP contribution in [0.1, 0.15) is 92.8 Å². The number of methoxy groups -OCH3 is 1. The molecule has 2 amide bonds. The first kappa shape index (κ1) is 33.6. The number of esters is 1. The van der Waals surface area contributed by atoms with E-state index in [1.807, 2.05) is 6.07 Å². The zero-order chi connectivity index (χ0) is 30.9. The topological polar surface area (TPSA) is 145 Å². The van der Waals surface area contributed by atoms with Crippen molar-refractivity contribution >= 4 is 18.0 Å². The maximum Gasteiger partial charge on any atom is 0.410 e. The number of unbranched alkanes of at least 4 members (excludes halogenated alkanes) is 5. The third-order valence-electron chi connectivity index (χ3n) is 7.13. The molecule has 1 fully saturated rings. The van der Waals surface area contributed by atoms with Crippen LogP contribution in [0.5, 0.6) is 5.75 Å². The largest absolute Gasteiger partial charge is 0.491 e. The smallest absolute Gasteiger partial charge is 0.410 e. The van der Waals surface area contributed by atoms with E-state index in [2.05, 4.69) is 34.3 Å². The van der Waals surface area contributed by atoms with Gasteiger partial charge in [-0.05, 0) is 51.3 Å². The van der Waals surface area contributed by atoms with E-state index >= 15 is 0 Å². The van der Waals surface area contributed by atoms with Gasteiger partial charge in [-0.3, -0.25) is 9.69 Å². The van der Waals surface area contributed by atoms with Crippen molar-refractivity contribution in [2.45, 2.75) is 83.3 Å². The van der Waals surface area contributed by atoms with Gasteiger partial charge in [-0.2, -0.15) is 4.98 Å². The van der Waals surface area contributed by atoms with Gasteiger partial charge in [-0.25, -0.2) is 9.59 Å². The Bertz CT molecular complexity index is 1170. The summed E-state index contributed by atoms with van der Waals surface area (Å²) in [7, 11) is 1.36. The molecule has 43 heavy (non-hydrogen) atoms. The van der Waals surface area contributed by atoms with Gasteiger partial charge in [-0.1, -0.05) is 55.6 Å². The average Bonchev–Trinajstić information content (AvgIpc) is 3.70. The van der Waals surface area contributed by atoms with E-state index < -0.39 is 12.1 Å². The van der Waals surface area contributed by atoms with Gasteiger partial charge in [0.25, 0.3) is 0 Å². The van der Waals surface area contributed by atoms with Crippen LogP contribution in [0.25, 0.3) is 0 Å². The Kier molecular flexibility index (Phi) is 14.5. The third-order valence-corrected chi connectivity index (χ3v) is 7.13. The van der Waals surface area contributed by atoms with Crippen LogP contribution in [-0.4, -0.2) is 72.5 Å². The van der Waals surface area contributed by atoms with Crippen LogP contribution in [0.4, 0.5) is 4.79 Å². The number of amides is 2. The molecule has 1 aliphatic rings. The number of likely N-dealkylation sites (tertiary alicyclic amines) is 1. The molecular weight excluding hydrogens is 554 g/mol. The molecule has 0 saturated carbocycles. The molecule has 2 heterocycles. The first-order valence-electron chi connectivity index (χ1n) is 15.1. The van der Waals surface area contributed by atoms with Crippen molar-refractivity contribution in [1.82, 2.24) is 25.7 Å². The van der Waals surface area contributed by atoms with Gasteiger partial charge in [0.15, 0.2) is 5.82 Å². The number of rotatable bonds is 19. The van der Waals surface area contributed by atoms with Crippen molar-refractivity contribution < 1.29 is 33.1 Å². The van der Waals surface area contributed by atoms with Gasteiger partial charge in [0.2, 0.25) is 11.8 Å². The van der Waals surface area contributed by atoms with Gasteiger partial charge in [0, 0.05) is 19.0 Å². The Balaban J connectivity index is 1.19. The molecule has 0 radical (unpaired) electrons. The van der Waals surface area contributed by atoms with E-state index in [0.717, 1.165) is 57.9 Å². The van der Waals surface area contributed by atoms with Crippen molar-refractivity contribution in [3.05, 3.63) is 54.2 Å². The van der Waals surface area contributed by atoms with Crippen LogP contribution in [0.2, 0.25) is 0 Å². The Morgan fingerprint density at radius 3 is 2.72 bits per heavy atom. The maximum atomic E-state index is 12.3. The molecule has 236 valence electrons. The highest BCUT2D eigenvalue weighted by Gasteiger charge is 2.35. The second-order valence-corrected chi connectivity index (χ2v) is 10.6. The van der Waals surface area contributed by atoms with Crippen LogP contribution in [0.15, 0.2) is 41.4 Å². The van der Waals surface area contributed by atoms with Crippen molar-refractivity contribution in [2.24, 2.45) is 0 Å². The number of ether oxygens (including phenoxy) is 3. The molecule has 0 aliphatic carbocycles. The SMILES string of the molecule is C=CCOC(=O)N1CCC[C@@H]1c1nc(CNC(=O)CCCCCCCCNC(C)COc2ccccc2C(=O)OC)no1. The lowest BCUT2D eigenvalue weighted by molar-refractivity contribution is -0.121. The highest BCUT2D eigenvalue weighted by Crippen LogP contribution is 2.31. The van der Waals surface area contributed by atoms with Gasteiger partial charge < -0.3 is 29.4 Å². The fourth-order valence-corrected chi connectivity index (χ4v) is 4.81. The second kappa shape index (κ2) is 18.6. The predicted octanol–water partition coefficient (Wildman–Crippen LogP) is 4.72. The Hall–Kier alpha value is -3.93. The zero-order valence-electron chi connectivity index (χ0n) is 25.3. The minimum atomic E-state index is -0.427. The summed E-state index contributed by atoms with van der Waals surface area (Å²) in [4.78, 5) is 42.3. The number of nitrogens with one attached hydrogen (secondary N) is 2. The first-order chi connectivity index (χ1) is 20.9. The zero-order valence-corrected chi connectivity index (χ0v) is 25.3. The summed E-state index contributed by atoms with van der Waals surface area (Å²) in [6.07, 6.45) is 9.29. The normalized spacial score (nSPS) is 15.1. The van der Waals surface area contributed by atoms with E-state index in [-0.39, 0.29) is 31.1 Å². The van der Waals surface area contributed by atoms with E-state index in [1.54, 1.807) is 23.1 Å². The minimum absolute atomic E-state index is 0.0449. The van der Waals surface area contributed by atoms with Gasteiger partial charge in [-0.15, -0.1) is 0 Å². The van der Waals surface area contributed by atoms with E-state index in [4.69, 9.17) is 18.7 Å². The van der Waals surface area contributed by atoms with Crippen LogP contribution < -0.4 is 15.4 Å². The molecule has 0 bridgehead atoms. The molecule has 2 atom stereocenters. The van der Waals surface area contributed by atoms with Crippen molar-refractivity contribution in [2.75, 3.05) is 33.4 Å². The van der Waals surface area contributed by atoms with Gasteiger partial charge in [0.1, 0.15) is 30.6 Å². The number of benzene rings is 1. The quantitative estimate of drug-likeness (QED) is 0.132. The number of aromatic nitrogens is 2. The summed E-state index contributed by atoms with van der Waals surface area (Å²) in [5.41, 5.74) is 0.424. The predicted molar refractivity (Wildman–Crippen MR) is 159 cm³/mol.